The molecule has 0 bridgehead atoms. The van der Waals surface area contributed by atoms with Crippen molar-refractivity contribution in [2.24, 2.45) is 0 Å². The van der Waals surface area contributed by atoms with E-state index in [0.29, 0.717) is 11.5 Å². The van der Waals surface area contributed by atoms with Crippen molar-refractivity contribution in [2.45, 2.75) is 35.7 Å². The lowest BCUT2D eigenvalue weighted by atomic mass is 10.00. The number of carbonyl (C=O) groups excluding carboxylic acids is 1. The van der Waals surface area contributed by atoms with E-state index in [1.165, 1.54) is 0 Å². The van der Waals surface area contributed by atoms with Gasteiger partial charge in [-0.3, -0.25) is 4.79 Å². The summed E-state index contributed by atoms with van der Waals surface area (Å²) in [5.41, 5.74) is 0.0922. The van der Waals surface area contributed by atoms with Gasteiger partial charge in [0.05, 0.1) is 14.2 Å². The van der Waals surface area contributed by atoms with Gasteiger partial charge in [-0.15, -0.1) is 11.8 Å². The zero-order valence-electron chi connectivity index (χ0n) is 14.8. The molecule has 3 rings (SSSR count). The summed E-state index contributed by atoms with van der Waals surface area (Å²) >= 11 is 1.54. The molecule has 132 valence electrons. The normalized spacial score (nSPS) is 22.0. The number of rotatable bonds is 5. The van der Waals surface area contributed by atoms with Gasteiger partial charge in [0.1, 0.15) is 17.0 Å². The van der Waals surface area contributed by atoms with Crippen LogP contribution in [0.5, 0.6) is 11.5 Å². The Morgan fingerprint density at radius 2 is 1.68 bits per heavy atom. The van der Waals surface area contributed by atoms with Crippen LogP contribution >= 0.6 is 11.8 Å². The maximum atomic E-state index is 12.9. The molecule has 1 aliphatic rings. The Kier molecular flexibility index (Phi) is 5.06. The van der Waals surface area contributed by atoms with Crippen LogP contribution in [0.2, 0.25) is 0 Å². The van der Waals surface area contributed by atoms with Crippen LogP contribution in [0.3, 0.4) is 0 Å². The van der Waals surface area contributed by atoms with Crippen molar-refractivity contribution in [3.63, 3.8) is 0 Å². The minimum atomic E-state index is -0.815. The van der Waals surface area contributed by atoms with Crippen LogP contribution in [-0.4, -0.2) is 30.9 Å². The molecular formula is C20H22O4S. The Bertz CT molecular complexity index is 758. The second-order valence-corrected chi connectivity index (χ2v) is 7.59. The Morgan fingerprint density at radius 1 is 1.00 bits per heavy atom. The SMILES string of the molecule is COc1ccc([C@H]2OC(C)(C)C(=O)[C@@H]2Sc2ccccc2)cc1OC. The molecule has 1 heterocycles. The highest BCUT2D eigenvalue weighted by Gasteiger charge is 2.49. The zero-order valence-corrected chi connectivity index (χ0v) is 15.6. The summed E-state index contributed by atoms with van der Waals surface area (Å²) in [4.78, 5) is 13.9. The third kappa shape index (κ3) is 3.53. The molecule has 0 spiro atoms. The highest BCUT2D eigenvalue weighted by molar-refractivity contribution is 8.00. The highest BCUT2D eigenvalue weighted by Crippen LogP contribution is 2.46. The van der Waals surface area contributed by atoms with Gasteiger partial charge in [-0.05, 0) is 43.7 Å². The van der Waals surface area contributed by atoms with E-state index in [4.69, 9.17) is 14.2 Å². The molecule has 0 aliphatic carbocycles. The first-order valence-corrected chi connectivity index (χ1v) is 9.00. The third-order valence-electron chi connectivity index (χ3n) is 4.29. The highest BCUT2D eigenvalue weighted by atomic mass is 32.2. The summed E-state index contributed by atoms with van der Waals surface area (Å²) in [6.45, 7) is 3.66. The van der Waals surface area contributed by atoms with E-state index in [0.717, 1.165) is 10.5 Å². The second-order valence-electron chi connectivity index (χ2n) is 6.38. The molecule has 2 aromatic carbocycles. The number of thioether (sulfide) groups is 1. The number of ether oxygens (including phenoxy) is 3. The van der Waals surface area contributed by atoms with Crippen LogP contribution in [0.4, 0.5) is 0 Å². The van der Waals surface area contributed by atoms with Crippen molar-refractivity contribution >= 4 is 17.5 Å². The molecule has 25 heavy (non-hydrogen) atoms. The van der Waals surface area contributed by atoms with Crippen LogP contribution in [-0.2, 0) is 9.53 Å². The largest absolute Gasteiger partial charge is 0.493 e. The topological polar surface area (TPSA) is 44.8 Å². The van der Waals surface area contributed by atoms with Crippen molar-refractivity contribution in [3.05, 3.63) is 54.1 Å². The third-order valence-corrected chi connectivity index (χ3v) is 5.55. The zero-order chi connectivity index (χ0) is 18.0. The second kappa shape index (κ2) is 7.10. The van der Waals surface area contributed by atoms with Gasteiger partial charge in [-0.25, -0.2) is 0 Å². The number of hydrogen-bond donors (Lipinski definition) is 0. The van der Waals surface area contributed by atoms with Crippen LogP contribution in [0, 0.1) is 0 Å². The average molecular weight is 358 g/mol. The van der Waals surface area contributed by atoms with E-state index in [9.17, 15) is 4.79 Å². The van der Waals surface area contributed by atoms with Crippen molar-refractivity contribution in [3.8, 4) is 11.5 Å². The van der Waals surface area contributed by atoms with Crippen molar-refractivity contribution in [2.75, 3.05) is 14.2 Å². The van der Waals surface area contributed by atoms with Gasteiger partial charge in [-0.1, -0.05) is 24.3 Å². The van der Waals surface area contributed by atoms with Gasteiger partial charge in [0, 0.05) is 4.90 Å². The van der Waals surface area contributed by atoms with Crippen molar-refractivity contribution in [1.82, 2.24) is 0 Å². The molecule has 0 amide bonds. The van der Waals surface area contributed by atoms with Gasteiger partial charge >= 0.3 is 0 Å². The number of methoxy groups -OCH3 is 2. The first-order chi connectivity index (χ1) is 12.0. The molecule has 0 radical (unpaired) electrons. The molecule has 5 heteroatoms. The van der Waals surface area contributed by atoms with Crippen LogP contribution < -0.4 is 9.47 Å². The number of benzene rings is 2. The van der Waals surface area contributed by atoms with E-state index in [2.05, 4.69) is 0 Å². The first kappa shape index (κ1) is 17.8. The number of hydrogen-bond acceptors (Lipinski definition) is 5. The summed E-state index contributed by atoms with van der Waals surface area (Å²) in [6.07, 6.45) is -0.340. The molecule has 2 aromatic rings. The van der Waals surface area contributed by atoms with E-state index >= 15 is 0 Å². The van der Waals surface area contributed by atoms with Crippen LogP contribution in [0.1, 0.15) is 25.5 Å². The van der Waals surface area contributed by atoms with Crippen LogP contribution in [0.15, 0.2) is 53.4 Å². The molecule has 1 aliphatic heterocycles. The molecule has 0 unspecified atom stereocenters. The van der Waals surface area contributed by atoms with Gasteiger partial charge < -0.3 is 14.2 Å². The minimum Gasteiger partial charge on any atom is -0.493 e. The Labute approximate surface area is 152 Å². The van der Waals surface area contributed by atoms with Crippen LogP contribution in [0.25, 0.3) is 0 Å². The number of ketones is 1. The lowest BCUT2D eigenvalue weighted by Crippen LogP contribution is -2.30. The predicted molar refractivity (Wildman–Crippen MR) is 98.5 cm³/mol. The first-order valence-electron chi connectivity index (χ1n) is 8.12. The summed E-state index contributed by atoms with van der Waals surface area (Å²) in [6, 6.07) is 15.6. The van der Waals surface area contributed by atoms with E-state index in [1.54, 1.807) is 26.0 Å². The van der Waals surface area contributed by atoms with E-state index < -0.39 is 5.60 Å². The molecule has 4 nitrogen and oxygen atoms in total. The Hall–Kier alpha value is -1.98. The van der Waals surface area contributed by atoms with Crippen molar-refractivity contribution in [1.29, 1.82) is 0 Å². The predicted octanol–water partition coefficient (Wildman–Crippen LogP) is 4.28. The lowest BCUT2D eigenvalue weighted by Gasteiger charge is -2.20. The summed E-state index contributed by atoms with van der Waals surface area (Å²) in [5.74, 6) is 1.38. The molecule has 0 saturated carbocycles. The molecule has 0 N–H and O–H groups in total. The fourth-order valence-corrected chi connectivity index (χ4v) is 4.29. The standard InChI is InChI=1S/C20H22O4S/c1-20(2)19(21)18(25-14-8-6-5-7-9-14)17(24-20)13-10-11-15(22-3)16(12-13)23-4/h5-12,17-18H,1-4H3/t17-,18-/m1/s1. The van der Waals surface area contributed by atoms with E-state index in [1.807, 2.05) is 62.4 Å². The number of Topliss-reactive ketones (excluding diaryl/α,β-unsaturated/α-hetero) is 1. The summed E-state index contributed by atoms with van der Waals surface area (Å²) in [5, 5.41) is -0.310. The lowest BCUT2D eigenvalue weighted by molar-refractivity contribution is -0.129. The van der Waals surface area contributed by atoms with Gasteiger partial charge in [-0.2, -0.15) is 0 Å². The van der Waals surface area contributed by atoms with Gasteiger partial charge in [0.15, 0.2) is 17.3 Å². The molecule has 2 atom stereocenters. The monoisotopic (exact) mass is 358 g/mol. The Balaban J connectivity index is 1.96. The molecular weight excluding hydrogens is 336 g/mol. The van der Waals surface area contributed by atoms with E-state index in [-0.39, 0.29) is 17.1 Å². The minimum absolute atomic E-state index is 0.0983. The fourth-order valence-electron chi connectivity index (χ4n) is 2.95. The smallest absolute Gasteiger partial charge is 0.180 e. The maximum absolute atomic E-state index is 12.9. The average Bonchev–Trinajstić information content (AvgIpc) is 2.85. The summed E-state index contributed by atoms with van der Waals surface area (Å²) in [7, 11) is 3.20. The fraction of sp³-hybridized carbons (Fsp3) is 0.350. The summed E-state index contributed by atoms with van der Waals surface area (Å²) < 4.78 is 16.8. The van der Waals surface area contributed by atoms with Gasteiger partial charge in [0.25, 0.3) is 0 Å². The molecule has 1 fully saturated rings. The Morgan fingerprint density at radius 3 is 2.32 bits per heavy atom. The number of carbonyl (C=O) groups is 1. The maximum Gasteiger partial charge on any atom is 0.180 e. The molecule has 1 saturated heterocycles. The molecule has 0 aromatic heterocycles. The van der Waals surface area contributed by atoms with Gasteiger partial charge in [0.2, 0.25) is 0 Å². The quantitative estimate of drug-likeness (QED) is 0.798. The van der Waals surface area contributed by atoms with Crippen molar-refractivity contribution < 1.29 is 19.0 Å².